The number of amides is 1. The van der Waals surface area contributed by atoms with E-state index in [2.05, 4.69) is 0 Å². The molecular formula is C13H14FNO4. The lowest BCUT2D eigenvalue weighted by Gasteiger charge is -2.15. The SMILES string of the molecule is O=C(O)[C@@H]1CN(C(=O)OCc2ccccc2)C[C@@H]1F. The highest BCUT2D eigenvalue weighted by molar-refractivity contribution is 5.75. The number of hydrogen-bond donors (Lipinski definition) is 1. The third-order valence-corrected chi connectivity index (χ3v) is 3.03. The molecule has 102 valence electrons. The van der Waals surface area contributed by atoms with Gasteiger partial charge in [-0.05, 0) is 5.56 Å². The van der Waals surface area contributed by atoms with E-state index in [-0.39, 0.29) is 19.7 Å². The molecule has 1 N–H and O–H groups in total. The highest BCUT2D eigenvalue weighted by Crippen LogP contribution is 2.21. The monoisotopic (exact) mass is 267 g/mol. The Labute approximate surface area is 109 Å². The van der Waals surface area contributed by atoms with Crippen LogP contribution in [0.5, 0.6) is 0 Å². The van der Waals surface area contributed by atoms with Gasteiger partial charge in [0.15, 0.2) is 0 Å². The predicted octanol–water partition coefficient (Wildman–Crippen LogP) is 1.68. The summed E-state index contributed by atoms with van der Waals surface area (Å²) < 4.78 is 18.4. The number of carboxylic acid groups (broad SMARTS) is 1. The zero-order chi connectivity index (χ0) is 13.8. The maximum absolute atomic E-state index is 13.4. The second kappa shape index (κ2) is 5.69. The summed E-state index contributed by atoms with van der Waals surface area (Å²) in [4.78, 5) is 23.5. The van der Waals surface area contributed by atoms with Gasteiger partial charge in [-0.15, -0.1) is 0 Å². The number of carbonyl (C=O) groups excluding carboxylic acids is 1. The van der Waals surface area contributed by atoms with Gasteiger partial charge in [0.05, 0.1) is 6.54 Å². The van der Waals surface area contributed by atoms with Crippen LogP contribution in [0.2, 0.25) is 0 Å². The number of carboxylic acids is 1. The highest BCUT2D eigenvalue weighted by Gasteiger charge is 2.40. The number of nitrogens with zero attached hydrogens (tertiary/aromatic N) is 1. The molecule has 0 aliphatic carbocycles. The van der Waals surface area contributed by atoms with Crippen molar-refractivity contribution in [1.29, 1.82) is 0 Å². The fourth-order valence-electron chi connectivity index (χ4n) is 1.96. The molecule has 0 unspecified atom stereocenters. The molecule has 1 amide bonds. The third kappa shape index (κ3) is 3.21. The molecule has 0 spiro atoms. The van der Waals surface area contributed by atoms with Gasteiger partial charge in [-0.3, -0.25) is 4.79 Å². The van der Waals surface area contributed by atoms with Gasteiger partial charge in [0.2, 0.25) is 0 Å². The van der Waals surface area contributed by atoms with Crippen molar-refractivity contribution in [2.75, 3.05) is 13.1 Å². The van der Waals surface area contributed by atoms with Crippen LogP contribution < -0.4 is 0 Å². The van der Waals surface area contributed by atoms with Crippen LogP contribution in [-0.2, 0) is 16.1 Å². The second-order valence-corrected chi connectivity index (χ2v) is 4.41. The summed E-state index contributed by atoms with van der Waals surface area (Å²) in [6.07, 6.45) is -2.22. The zero-order valence-electron chi connectivity index (χ0n) is 10.2. The van der Waals surface area contributed by atoms with E-state index < -0.39 is 24.2 Å². The van der Waals surface area contributed by atoms with Gasteiger partial charge in [0.1, 0.15) is 18.7 Å². The molecule has 1 aromatic rings. The van der Waals surface area contributed by atoms with Crippen molar-refractivity contribution in [2.24, 2.45) is 5.92 Å². The first-order chi connectivity index (χ1) is 9.08. The van der Waals surface area contributed by atoms with Crippen LogP contribution in [0.1, 0.15) is 5.56 Å². The topological polar surface area (TPSA) is 66.8 Å². The summed E-state index contributed by atoms with van der Waals surface area (Å²) in [5, 5.41) is 8.77. The van der Waals surface area contributed by atoms with Gasteiger partial charge in [0, 0.05) is 6.54 Å². The Morgan fingerprint density at radius 1 is 1.32 bits per heavy atom. The van der Waals surface area contributed by atoms with Gasteiger partial charge < -0.3 is 14.7 Å². The first kappa shape index (κ1) is 13.3. The molecule has 1 fully saturated rings. The smallest absolute Gasteiger partial charge is 0.410 e. The average Bonchev–Trinajstić information content (AvgIpc) is 2.79. The molecule has 5 nitrogen and oxygen atoms in total. The average molecular weight is 267 g/mol. The van der Waals surface area contributed by atoms with Gasteiger partial charge in [-0.2, -0.15) is 0 Å². The number of ether oxygens (including phenoxy) is 1. The standard InChI is InChI=1S/C13H14FNO4/c14-11-7-15(6-10(11)12(16)17)13(18)19-8-9-4-2-1-3-5-9/h1-5,10-11H,6-8H2,(H,16,17)/t10-,11+/m1/s1. The maximum Gasteiger partial charge on any atom is 0.410 e. The van der Waals surface area contributed by atoms with Crippen LogP contribution in [0, 0.1) is 5.92 Å². The minimum Gasteiger partial charge on any atom is -0.481 e. The second-order valence-electron chi connectivity index (χ2n) is 4.41. The van der Waals surface area contributed by atoms with Crippen LogP contribution in [0.3, 0.4) is 0 Å². The summed E-state index contributed by atoms with van der Waals surface area (Å²) in [6.45, 7) is -0.292. The van der Waals surface area contributed by atoms with Crippen LogP contribution in [0.15, 0.2) is 30.3 Å². The maximum atomic E-state index is 13.4. The Morgan fingerprint density at radius 2 is 2.00 bits per heavy atom. The lowest BCUT2D eigenvalue weighted by molar-refractivity contribution is -0.142. The number of carbonyl (C=O) groups is 2. The first-order valence-electron chi connectivity index (χ1n) is 5.90. The van der Waals surface area contributed by atoms with E-state index in [0.29, 0.717) is 0 Å². The Bertz CT molecular complexity index is 465. The summed E-state index contributed by atoms with van der Waals surface area (Å²) in [7, 11) is 0. The Morgan fingerprint density at radius 3 is 2.58 bits per heavy atom. The summed E-state index contributed by atoms with van der Waals surface area (Å²) in [5.74, 6) is -2.39. The lowest BCUT2D eigenvalue weighted by Crippen LogP contribution is -2.30. The van der Waals surface area contributed by atoms with E-state index in [1.54, 1.807) is 12.1 Å². The number of rotatable bonds is 3. The summed E-state index contributed by atoms with van der Waals surface area (Å²) in [6, 6.07) is 9.08. The van der Waals surface area contributed by atoms with E-state index in [4.69, 9.17) is 9.84 Å². The van der Waals surface area contributed by atoms with E-state index >= 15 is 0 Å². The van der Waals surface area contributed by atoms with E-state index in [1.807, 2.05) is 18.2 Å². The quantitative estimate of drug-likeness (QED) is 0.904. The fourth-order valence-corrected chi connectivity index (χ4v) is 1.96. The lowest BCUT2D eigenvalue weighted by atomic mass is 10.1. The van der Waals surface area contributed by atoms with Crippen molar-refractivity contribution >= 4 is 12.1 Å². The molecule has 19 heavy (non-hydrogen) atoms. The van der Waals surface area contributed by atoms with Gasteiger partial charge in [0.25, 0.3) is 0 Å². The van der Waals surface area contributed by atoms with Crippen molar-refractivity contribution in [3.63, 3.8) is 0 Å². The van der Waals surface area contributed by atoms with Crippen molar-refractivity contribution in [1.82, 2.24) is 4.90 Å². The number of halogens is 1. The molecule has 1 aromatic carbocycles. The Balaban J connectivity index is 1.86. The normalized spacial score (nSPS) is 22.3. The number of likely N-dealkylation sites (tertiary alicyclic amines) is 1. The van der Waals surface area contributed by atoms with Crippen LogP contribution in [0.25, 0.3) is 0 Å². The van der Waals surface area contributed by atoms with Gasteiger partial charge >= 0.3 is 12.1 Å². The fraction of sp³-hybridized carbons (Fsp3) is 0.385. The van der Waals surface area contributed by atoms with Crippen LogP contribution in [0.4, 0.5) is 9.18 Å². The number of alkyl halides is 1. The molecule has 1 saturated heterocycles. The molecule has 1 aliphatic heterocycles. The minimum absolute atomic E-state index is 0.0882. The minimum atomic E-state index is -1.54. The van der Waals surface area contributed by atoms with Crippen molar-refractivity contribution < 1.29 is 23.8 Å². The van der Waals surface area contributed by atoms with E-state index in [0.717, 1.165) is 10.5 Å². The number of aliphatic carboxylic acids is 1. The Hall–Kier alpha value is -2.11. The van der Waals surface area contributed by atoms with E-state index in [9.17, 15) is 14.0 Å². The summed E-state index contributed by atoms with van der Waals surface area (Å²) in [5.41, 5.74) is 0.821. The third-order valence-electron chi connectivity index (χ3n) is 3.03. The molecule has 1 heterocycles. The largest absolute Gasteiger partial charge is 0.481 e. The zero-order valence-corrected chi connectivity index (χ0v) is 10.2. The van der Waals surface area contributed by atoms with Crippen molar-refractivity contribution in [2.45, 2.75) is 12.8 Å². The highest BCUT2D eigenvalue weighted by atomic mass is 19.1. The molecule has 1 aliphatic rings. The molecule has 0 bridgehead atoms. The Kier molecular flexibility index (Phi) is 3.99. The van der Waals surface area contributed by atoms with Crippen LogP contribution >= 0.6 is 0 Å². The summed E-state index contributed by atoms with van der Waals surface area (Å²) >= 11 is 0. The molecule has 2 rings (SSSR count). The van der Waals surface area contributed by atoms with Gasteiger partial charge in [-0.1, -0.05) is 30.3 Å². The first-order valence-corrected chi connectivity index (χ1v) is 5.90. The van der Waals surface area contributed by atoms with Crippen molar-refractivity contribution in [3.8, 4) is 0 Å². The number of hydrogen-bond acceptors (Lipinski definition) is 3. The molecule has 6 heteroatoms. The predicted molar refractivity (Wildman–Crippen MR) is 64.2 cm³/mol. The van der Waals surface area contributed by atoms with Gasteiger partial charge in [-0.25, -0.2) is 9.18 Å². The molecule has 0 radical (unpaired) electrons. The molecule has 0 saturated carbocycles. The van der Waals surface area contributed by atoms with Crippen molar-refractivity contribution in [3.05, 3.63) is 35.9 Å². The number of benzene rings is 1. The van der Waals surface area contributed by atoms with E-state index in [1.165, 1.54) is 0 Å². The molecule has 2 atom stereocenters. The molecular weight excluding hydrogens is 253 g/mol. The molecule has 0 aromatic heterocycles. The van der Waals surface area contributed by atoms with Crippen LogP contribution in [-0.4, -0.2) is 41.3 Å².